The molecule has 8 heteroatoms. The van der Waals surface area contributed by atoms with Crippen LogP contribution in [0.2, 0.25) is 0 Å². The van der Waals surface area contributed by atoms with E-state index in [-0.39, 0.29) is 18.4 Å². The van der Waals surface area contributed by atoms with Gasteiger partial charge in [-0.15, -0.1) is 6.58 Å². The van der Waals surface area contributed by atoms with Gasteiger partial charge in [-0.25, -0.2) is 0 Å². The van der Waals surface area contributed by atoms with Crippen LogP contribution in [0.5, 0.6) is 0 Å². The highest BCUT2D eigenvalue weighted by atomic mass is 16.6. The third-order valence-electron chi connectivity index (χ3n) is 3.08. The quantitative estimate of drug-likeness (QED) is 0.209. The lowest BCUT2D eigenvalue weighted by Gasteiger charge is -2.13. The van der Waals surface area contributed by atoms with Crippen LogP contribution in [-0.2, 0) is 33.3 Å². The maximum Gasteiger partial charge on any atom is 0.253 e. The summed E-state index contributed by atoms with van der Waals surface area (Å²) < 4.78 is 26.5. The number of amides is 2. The first-order valence-corrected chi connectivity index (χ1v) is 8.29. The van der Waals surface area contributed by atoms with Crippen LogP contribution in [0.3, 0.4) is 0 Å². The number of carbonyl (C=O) groups is 2. The van der Waals surface area contributed by atoms with Crippen molar-refractivity contribution in [1.29, 1.82) is 0 Å². The Morgan fingerprint density at radius 3 is 1.56 bits per heavy atom. The van der Waals surface area contributed by atoms with Crippen molar-refractivity contribution in [3.05, 3.63) is 24.8 Å². The second kappa shape index (κ2) is 14.7. The molecular formula is C17H27NO7. The van der Waals surface area contributed by atoms with Crippen molar-refractivity contribution < 1.29 is 33.3 Å². The predicted octanol–water partition coefficient (Wildman–Crippen LogP) is 0.180. The summed E-state index contributed by atoms with van der Waals surface area (Å²) in [5.41, 5.74) is 0. The van der Waals surface area contributed by atoms with Gasteiger partial charge in [0.2, 0.25) is 0 Å². The van der Waals surface area contributed by atoms with Crippen LogP contribution in [-0.4, -0.2) is 89.3 Å². The van der Waals surface area contributed by atoms with Crippen molar-refractivity contribution in [3.8, 4) is 0 Å². The molecule has 1 rings (SSSR count). The Hall–Kier alpha value is -1.58. The molecule has 0 fully saturated rings. The summed E-state index contributed by atoms with van der Waals surface area (Å²) in [4.78, 5) is 23.7. The van der Waals surface area contributed by atoms with Gasteiger partial charge in [-0.05, 0) is 0 Å². The summed E-state index contributed by atoms with van der Waals surface area (Å²) in [6.07, 6.45) is 4.21. The van der Waals surface area contributed by atoms with E-state index in [1.54, 1.807) is 6.08 Å². The first-order chi connectivity index (χ1) is 12.3. The molecule has 2 amide bonds. The van der Waals surface area contributed by atoms with E-state index in [0.717, 1.165) is 4.90 Å². The summed E-state index contributed by atoms with van der Waals surface area (Å²) >= 11 is 0. The van der Waals surface area contributed by atoms with Gasteiger partial charge in [0, 0.05) is 12.2 Å². The van der Waals surface area contributed by atoms with Crippen LogP contribution in [0.25, 0.3) is 0 Å². The van der Waals surface area contributed by atoms with Gasteiger partial charge in [0.15, 0.2) is 0 Å². The van der Waals surface area contributed by atoms with Crippen molar-refractivity contribution in [2.45, 2.75) is 0 Å². The topological polar surface area (TPSA) is 83.5 Å². The molecule has 8 nitrogen and oxygen atoms in total. The summed E-state index contributed by atoms with van der Waals surface area (Å²) in [6, 6.07) is 0. The normalized spacial score (nSPS) is 13.8. The van der Waals surface area contributed by atoms with E-state index in [4.69, 9.17) is 23.7 Å². The van der Waals surface area contributed by atoms with Crippen molar-refractivity contribution in [1.82, 2.24) is 4.90 Å². The number of nitrogens with zero attached hydrogens (tertiary/aromatic N) is 1. The number of imide groups is 1. The third kappa shape index (κ3) is 10.8. The lowest BCUT2D eigenvalue weighted by atomic mass is 10.5. The molecule has 0 radical (unpaired) electrons. The van der Waals surface area contributed by atoms with Crippen LogP contribution in [0, 0.1) is 0 Å². The van der Waals surface area contributed by atoms with E-state index in [9.17, 15) is 9.59 Å². The van der Waals surface area contributed by atoms with Gasteiger partial charge in [0.05, 0.1) is 72.6 Å². The molecule has 0 atom stereocenters. The fourth-order valence-electron chi connectivity index (χ4n) is 1.85. The van der Waals surface area contributed by atoms with Gasteiger partial charge in [-0.3, -0.25) is 14.5 Å². The summed E-state index contributed by atoms with van der Waals surface area (Å²) in [6.45, 7) is 8.54. The average Bonchev–Trinajstić information content (AvgIpc) is 2.93. The van der Waals surface area contributed by atoms with Crippen LogP contribution < -0.4 is 0 Å². The van der Waals surface area contributed by atoms with Gasteiger partial charge < -0.3 is 23.7 Å². The smallest absolute Gasteiger partial charge is 0.253 e. The molecule has 0 saturated carbocycles. The minimum absolute atomic E-state index is 0.256. The van der Waals surface area contributed by atoms with Crippen molar-refractivity contribution in [2.75, 3.05) is 72.6 Å². The molecular weight excluding hydrogens is 330 g/mol. The molecule has 142 valence electrons. The van der Waals surface area contributed by atoms with Crippen molar-refractivity contribution in [2.24, 2.45) is 0 Å². The number of ether oxygens (including phenoxy) is 5. The Kier molecular flexibility index (Phi) is 12.7. The molecule has 1 heterocycles. The van der Waals surface area contributed by atoms with Crippen LogP contribution >= 0.6 is 0 Å². The minimum Gasteiger partial charge on any atom is -0.377 e. The van der Waals surface area contributed by atoms with Crippen LogP contribution in [0.15, 0.2) is 24.8 Å². The van der Waals surface area contributed by atoms with E-state index in [0.29, 0.717) is 66.1 Å². The van der Waals surface area contributed by atoms with Crippen molar-refractivity contribution in [3.63, 3.8) is 0 Å². The number of carbonyl (C=O) groups excluding carboxylic acids is 2. The lowest BCUT2D eigenvalue weighted by Crippen LogP contribution is -2.33. The molecule has 0 unspecified atom stereocenters. The Balaban J connectivity index is 1.74. The Bertz CT molecular complexity index is 407. The van der Waals surface area contributed by atoms with Gasteiger partial charge in [-0.1, -0.05) is 6.08 Å². The van der Waals surface area contributed by atoms with Gasteiger partial charge in [-0.2, -0.15) is 0 Å². The fraction of sp³-hybridized carbons (Fsp3) is 0.647. The summed E-state index contributed by atoms with van der Waals surface area (Å²) in [7, 11) is 0. The molecule has 1 aliphatic rings. The minimum atomic E-state index is -0.296. The molecule has 0 bridgehead atoms. The predicted molar refractivity (Wildman–Crippen MR) is 90.2 cm³/mol. The van der Waals surface area contributed by atoms with E-state index in [2.05, 4.69) is 6.58 Å². The molecule has 1 aliphatic heterocycles. The third-order valence-corrected chi connectivity index (χ3v) is 3.08. The van der Waals surface area contributed by atoms with Crippen LogP contribution in [0.1, 0.15) is 0 Å². The molecule has 0 N–H and O–H groups in total. The van der Waals surface area contributed by atoms with Gasteiger partial charge in [0.25, 0.3) is 11.8 Å². The molecule has 0 aromatic heterocycles. The first-order valence-electron chi connectivity index (χ1n) is 8.29. The average molecular weight is 357 g/mol. The Morgan fingerprint density at radius 1 is 0.720 bits per heavy atom. The molecule has 0 saturated heterocycles. The van der Waals surface area contributed by atoms with E-state index in [1.165, 1.54) is 12.2 Å². The largest absolute Gasteiger partial charge is 0.377 e. The Labute approximate surface area is 148 Å². The standard InChI is InChI=1S/C17H27NO7/c1-2-6-21-8-10-23-12-14-25-15-13-24-11-9-22-7-5-18-16(19)3-4-17(18)20/h2-4H,1,5-15H2. The van der Waals surface area contributed by atoms with Crippen molar-refractivity contribution >= 4 is 11.8 Å². The summed E-state index contributed by atoms with van der Waals surface area (Å²) in [5.74, 6) is -0.592. The highest BCUT2D eigenvalue weighted by Gasteiger charge is 2.22. The molecule has 0 aromatic carbocycles. The summed E-state index contributed by atoms with van der Waals surface area (Å²) in [5, 5.41) is 0. The SMILES string of the molecule is C=CCOCCOCCOCCOCCOCCN1C(=O)C=CC1=O. The maximum absolute atomic E-state index is 11.3. The first kappa shape index (κ1) is 21.5. The molecule has 0 aliphatic carbocycles. The van der Waals surface area contributed by atoms with Gasteiger partial charge in [0.1, 0.15) is 0 Å². The second-order valence-corrected chi connectivity index (χ2v) is 4.97. The number of hydrogen-bond donors (Lipinski definition) is 0. The zero-order chi connectivity index (χ0) is 18.2. The Morgan fingerprint density at radius 2 is 1.12 bits per heavy atom. The molecule has 25 heavy (non-hydrogen) atoms. The number of hydrogen-bond acceptors (Lipinski definition) is 7. The fourth-order valence-corrected chi connectivity index (χ4v) is 1.85. The second-order valence-electron chi connectivity index (χ2n) is 4.97. The highest BCUT2D eigenvalue weighted by Crippen LogP contribution is 2.02. The van der Waals surface area contributed by atoms with E-state index >= 15 is 0 Å². The maximum atomic E-state index is 11.3. The number of rotatable bonds is 17. The van der Waals surface area contributed by atoms with E-state index < -0.39 is 0 Å². The zero-order valence-electron chi connectivity index (χ0n) is 14.5. The molecule has 0 spiro atoms. The van der Waals surface area contributed by atoms with Crippen LogP contribution in [0.4, 0.5) is 0 Å². The monoisotopic (exact) mass is 357 g/mol. The zero-order valence-corrected chi connectivity index (χ0v) is 14.5. The van der Waals surface area contributed by atoms with Gasteiger partial charge >= 0.3 is 0 Å². The highest BCUT2D eigenvalue weighted by molar-refractivity contribution is 6.12. The molecule has 0 aromatic rings. The lowest BCUT2D eigenvalue weighted by molar-refractivity contribution is -0.137. The van der Waals surface area contributed by atoms with E-state index in [1.807, 2.05) is 0 Å².